The molecule has 5 nitrogen and oxygen atoms in total. The summed E-state index contributed by atoms with van der Waals surface area (Å²) in [6.45, 7) is 2.25. The molecule has 23 heavy (non-hydrogen) atoms. The van der Waals surface area contributed by atoms with Crippen LogP contribution in [0.15, 0.2) is 48.5 Å². The predicted octanol–water partition coefficient (Wildman–Crippen LogP) is 2.09. The van der Waals surface area contributed by atoms with Crippen LogP contribution in [-0.2, 0) is 4.79 Å². The van der Waals surface area contributed by atoms with E-state index in [2.05, 4.69) is 16.7 Å². The number of hydrogen-bond acceptors (Lipinski definition) is 3. The van der Waals surface area contributed by atoms with Crippen molar-refractivity contribution in [3.63, 3.8) is 0 Å². The third-order valence-electron chi connectivity index (χ3n) is 3.29. The van der Waals surface area contributed by atoms with E-state index in [4.69, 9.17) is 0 Å². The lowest BCUT2D eigenvalue weighted by Crippen LogP contribution is -2.36. The number of rotatable bonds is 5. The molecular weight excluding hydrogens is 290 g/mol. The molecule has 0 aliphatic carbocycles. The fourth-order valence-electron chi connectivity index (χ4n) is 2.25. The lowest BCUT2D eigenvalue weighted by Gasteiger charge is -2.11. The Morgan fingerprint density at radius 2 is 1.65 bits per heavy atom. The zero-order valence-corrected chi connectivity index (χ0v) is 12.8. The topological polar surface area (TPSA) is 82.0 Å². The molecule has 0 unspecified atom stereocenters. The van der Waals surface area contributed by atoms with Gasteiger partial charge in [-0.3, -0.25) is 9.59 Å². The molecule has 0 atom stereocenters. The highest BCUT2D eigenvalue weighted by Gasteiger charge is 2.15. The van der Waals surface area contributed by atoms with Crippen molar-refractivity contribution in [1.29, 1.82) is 5.26 Å². The second-order valence-electron chi connectivity index (χ2n) is 4.84. The summed E-state index contributed by atoms with van der Waals surface area (Å²) in [6.07, 6.45) is 0. The summed E-state index contributed by atoms with van der Waals surface area (Å²) >= 11 is 0. The summed E-state index contributed by atoms with van der Waals surface area (Å²) in [5.41, 5.74) is 2.28. The summed E-state index contributed by atoms with van der Waals surface area (Å²) in [5.74, 6) is -0.588. The summed E-state index contributed by atoms with van der Waals surface area (Å²) in [5, 5.41) is 14.5. The van der Waals surface area contributed by atoms with Crippen LogP contribution in [0.25, 0.3) is 11.1 Å². The molecule has 0 bridgehead atoms. The maximum atomic E-state index is 12.4. The van der Waals surface area contributed by atoms with Gasteiger partial charge in [-0.1, -0.05) is 36.4 Å². The van der Waals surface area contributed by atoms with E-state index in [1.165, 1.54) is 0 Å². The van der Waals surface area contributed by atoms with E-state index in [0.717, 1.165) is 0 Å². The second-order valence-corrected chi connectivity index (χ2v) is 4.84. The standard InChI is InChI=1S/C18H17N3O2/c1-2-20-17(22)12-21-18(23)16-10-6-5-9-15(16)14-8-4-3-7-13(14)11-19/h3-10H,2,12H2,1H3,(H,20,22)(H,21,23). The quantitative estimate of drug-likeness (QED) is 0.887. The smallest absolute Gasteiger partial charge is 0.252 e. The third kappa shape index (κ3) is 3.95. The summed E-state index contributed by atoms with van der Waals surface area (Å²) in [4.78, 5) is 23.8. The molecule has 0 heterocycles. The van der Waals surface area contributed by atoms with E-state index in [9.17, 15) is 14.9 Å². The van der Waals surface area contributed by atoms with Crippen LogP contribution in [0, 0.1) is 11.3 Å². The van der Waals surface area contributed by atoms with Crippen LogP contribution in [-0.4, -0.2) is 24.9 Å². The van der Waals surface area contributed by atoms with Crippen molar-refractivity contribution in [2.75, 3.05) is 13.1 Å². The van der Waals surface area contributed by atoms with Gasteiger partial charge >= 0.3 is 0 Å². The molecule has 2 aromatic rings. The second kappa shape index (κ2) is 7.76. The Hall–Kier alpha value is -3.13. The van der Waals surface area contributed by atoms with E-state index in [1.807, 2.05) is 19.1 Å². The van der Waals surface area contributed by atoms with Gasteiger partial charge in [-0.15, -0.1) is 0 Å². The SMILES string of the molecule is CCNC(=O)CNC(=O)c1ccccc1-c1ccccc1C#N. The Morgan fingerprint density at radius 1 is 1.00 bits per heavy atom. The van der Waals surface area contributed by atoms with Crippen LogP contribution in [0.3, 0.4) is 0 Å². The van der Waals surface area contributed by atoms with Gasteiger partial charge < -0.3 is 10.6 Å². The monoisotopic (exact) mass is 307 g/mol. The van der Waals surface area contributed by atoms with Crippen molar-refractivity contribution in [2.45, 2.75) is 6.92 Å². The zero-order valence-electron chi connectivity index (χ0n) is 12.8. The van der Waals surface area contributed by atoms with E-state index >= 15 is 0 Å². The number of nitriles is 1. The Bertz CT molecular complexity index is 763. The van der Waals surface area contributed by atoms with E-state index in [-0.39, 0.29) is 18.4 Å². The van der Waals surface area contributed by atoms with E-state index < -0.39 is 0 Å². The summed E-state index contributed by atoms with van der Waals surface area (Å²) in [6, 6.07) is 16.3. The Balaban J connectivity index is 2.29. The Labute approximate surface area is 134 Å². The molecule has 116 valence electrons. The van der Waals surface area contributed by atoms with Gasteiger partial charge in [-0.2, -0.15) is 5.26 Å². The van der Waals surface area contributed by atoms with Crippen LogP contribution < -0.4 is 10.6 Å². The average Bonchev–Trinajstić information content (AvgIpc) is 2.60. The fraction of sp³-hybridized carbons (Fsp3) is 0.167. The number of amides is 2. The first-order chi connectivity index (χ1) is 11.2. The Kier molecular flexibility index (Phi) is 5.48. The largest absolute Gasteiger partial charge is 0.355 e. The van der Waals surface area contributed by atoms with Gasteiger partial charge in [0, 0.05) is 17.7 Å². The van der Waals surface area contributed by atoms with Crippen molar-refractivity contribution in [2.24, 2.45) is 0 Å². The number of carbonyl (C=O) groups excluding carboxylic acids is 2. The average molecular weight is 307 g/mol. The maximum absolute atomic E-state index is 12.4. The van der Waals surface area contributed by atoms with Gasteiger partial charge in [0.15, 0.2) is 0 Å². The number of nitrogens with one attached hydrogen (secondary N) is 2. The fourth-order valence-corrected chi connectivity index (χ4v) is 2.25. The van der Waals surface area contributed by atoms with Crippen LogP contribution in [0.4, 0.5) is 0 Å². The first-order valence-electron chi connectivity index (χ1n) is 7.30. The first-order valence-corrected chi connectivity index (χ1v) is 7.30. The molecule has 2 aromatic carbocycles. The normalized spacial score (nSPS) is 9.74. The minimum atomic E-state index is -0.348. The van der Waals surface area contributed by atoms with E-state index in [1.54, 1.807) is 36.4 Å². The molecule has 0 saturated heterocycles. The molecule has 2 N–H and O–H groups in total. The number of benzene rings is 2. The van der Waals surface area contributed by atoms with Crippen LogP contribution in [0.5, 0.6) is 0 Å². The van der Waals surface area contributed by atoms with Crippen molar-refractivity contribution in [3.05, 3.63) is 59.7 Å². The molecule has 2 amide bonds. The molecule has 2 rings (SSSR count). The first kappa shape index (κ1) is 16.2. The van der Waals surface area contributed by atoms with Gasteiger partial charge in [0.2, 0.25) is 5.91 Å². The third-order valence-corrected chi connectivity index (χ3v) is 3.29. The predicted molar refractivity (Wildman–Crippen MR) is 87.6 cm³/mol. The molecule has 0 spiro atoms. The molecule has 0 fully saturated rings. The van der Waals surface area contributed by atoms with Crippen molar-refractivity contribution >= 4 is 11.8 Å². The highest BCUT2D eigenvalue weighted by atomic mass is 16.2. The minimum Gasteiger partial charge on any atom is -0.355 e. The number of likely N-dealkylation sites (N-methyl/N-ethyl adjacent to an activating group) is 1. The van der Waals surface area contributed by atoms with Crippen molar-refractivity contribution in [1.82, 2.24) is 10.6 Å². The molecule has 5 heteroatoms. The molecule has 0 radical (unpaired) electrons. The number of nitrogens with zero attached hydrogens (tertiary/aromatic N) is 1. The number of carbonyl (C=O) groups is 2. The lowest BCUT2D eigenvalue weighted by molar-refractivity contribution is -0.120. The van der Waals surface area contributed by atoms with Gasteiger partial charge in [-0.25, -0.2) is 0 Å². The van der Waals surface area contributed by atoms with Crippen LogP contribution in [0.1, 0.15) is 22.8 Å². The lowest BCUT2D eigenvalue weighted by atomic mass is 9.95. The molecule has 0 aromatic heterocycles. The number of hydrogen-bond donors (Lipinski definition) is 2. The molecule has 0 saturated carbocycles. The van der Waals surface area contributed by atoms with Gasteiger partial charge in [0.1, 0.15) is 0 Å². The van der Waals surface area contributed by atoms with Gasteiger partial charge in [-0.05, 0) is 24.6 Å². The zero-order chi connectivity index (χ0) is 16.7. The maximum Gasteiger partial charge on any atom is 0.252 e. The van der Waals surface area contributed by atoms with Gasteiger partial charge in [0.05, 0.1) is 18.2 Å². The van der Waals surface area contributed by atoms with E-state index in [0.29, 0.717) is 28.8 Å². The van der Waals surface area contributed by atoms with Crippen LogP contribution in [0.2, 0.25) is 0 Å². The van der Waals surface area contributed by atoms with Crippen LogP contribution >= 0.6 is 0 Å². The molecule has 0 aliphatic heterocycles. The summed E-state index contributed by atoms with van der Waals surface area (Å²) in [7, 11) is 0. The van der Waals surface area contributed by atoms with Gasteiger partial charge in [0.25, 0.3) is 5.91 Å². The highest BCUT2D eigenvalue weighted by molar-refractivity contribution is 6.02. The molecule has 0 aliphatic rings. The minimum absolute atomic E-state index is 0.0824. The van der Waals surface area contributed by atoms with Crippen molar-refractivity contribution < 1.29 is 9.59 Å². The molecular formula is C18H17N3O2. The summed E-state index contributed by atoms with van der Waals surface area (Å²) < 4.78 is 0. The highest BCUT2D eigenvalue weighted by Crippen LogP contribution is 2.26. The van der Waals surface area contributed by atoms with Crippen molar-refractivity contribution in [3.8, 4) is 17.2 Å². The Morgan fingerprint density at radius 3 is 2.35 bits per heavy atom.